The van der Waals surface area contributed by atoms with Gasteiger partial charge in [-0.2, -0.15) is 5.26 Å². The van der Waals surface area contributed by atoms with Crippen LogP contribution in [0.15, 0.2) is 6.20 Å². The zero-order valence-corrected chi connectivity index (χ0v) is 8.90. The second-order valence-corrected chi connectivity index (χ2v) is 3.43. The summed E-state index contributed by atoms with van der Waals surface area (Å²) in [5, 5.41) is 18.8. The van der Waals surface area contributed by atoms with Crippen molar-refractivity contribution in [2.75, 3.05) is 0 Å². The maximum absolute atomic E-state index is 10.5. The van der Waals surface area contributed by atoms with Gasteiger partial charge in [-0.3, -0.25) is 10.1 Å². The summed E-state index contributed by atoms with van der Waals surface area (Å²) >= 11 is 7.18. The molecule has 0 saturated carbocycles. The van der Waals surface area contributed by atoms with Gasteiger partial charge < -0.3 is 0 Å². The van der Waals surface area contributed by atoms with Crippen LogP contribution < -0.4 is 0 Å². The molecule has 0 unspecified atom stereocenters. The summed E-state index contributed by atoms with van der Waals surface area (Å²) in [6.07, 6.45) is 1.21. The van der Waals surface area contributed by atoms with Crippen LogP contribution in [0.2, 0.25) is 5.15 Å². The summed E-state index contributed by atoms with van der Waals surface area (Å²) in [7, 11) is 0. The van der Waals surface area contributed by atoms with Gasteiger partial charge in [0.1, 0.15) is 9.64 Å². The molecule has 0 spiro atoms. The third kappa shape index (κ3) is 1.87. The van der Waals surface area contributed by atoms with Crippen molar-refractivity contribution in [3.63, 3.8) is 0 Å². The molecule has 0 aliphatic rings. The lowest BCUT2D eigenvalue weighted by Gasteiger charge is -1.97. The molecular formula is C6HClIN3O2. The van der Waals surface area contributed by atoms with Crippen LogP contribution in [0.1, 0.15) is 5.56 Å². The lowest BCUT2D eigenvalue weighted by molar-refractivity contribution is -0.386. The highest BCUT2D eigenvalue weighted by Gasteiger charge is 2.21. The number of hydrogen-bond acceptors (Lipinski definition) is 4. The summed E-state index contributed by atoms with van der Waals surface area (Å²) in [6.45, 7) is 0. The van der Waals surface area contributed by atoms with E-state index < -0.39 is 4.92 Å². The van der Waals surface area contributed by atoms with Gasteiger partial charge in [0.05, 0.1) is 10.5 Å². The molecule has 0 radical (unpaired) electrons. The fraction of sp³-hybridized carbons (Fsp3) is 0. The number of nitriles is 1. The zero-order chi connectivity index (χ0) is 10.0. The monoisotopic (exact) mass is 309 g/mol. The van der Waals surface area contributed by atoms with E-state index in [0.29, 0.717) is 0 Å². The smallest absolute Gasteiger partial charge is 0.258 e. The SMILES string of the molecule is N#Cc1cnc(Cl)c([N+](=O)[O-])c1I. The summed E-state index contributed by atoms with van der Waals surface area (Å²) < 4.78 is 0.213. The molecule has 1 aromatic heterocycles. The molecule has 13 heavy (non-hydrogen) atoms. The van der Waals surface area contributed by atoms with Gasteiger partial charge in [0.25, 0.3) is 0 Å². The van der Waals surface area contributed by atoms with E-state index in [1.54, 1.807) is 28.7 Å². The third-order valence-electron chi connectivity index (χ3n) is 1.25. The van der Waals surface area contributed by atoms with E-state index in [1.165, 1.54) is 6.20 Å². The Balaban J connectivity index is 3.50. The Bertz CT molecular complexity index is 415. The second kappa shape index (κ2) is 3.85. The molecule has 66 valence electrons. The highest BCUT2D eigenvalue weighted by molar-refractivity contribution is 14.1. The lowest BCUT2D eigenvalue weighted by atomic mass is 10.3. The molecule has 1 rings (SSSR count). The van der Waals surface area contributed by atoms with Crippen molar-refractivity contribution in [2.24, 2.45) is 0 Å². The highest BCUT2D eigenvalue weighted by Crippen LogP contribution is 2.29. The lowest BCUT2D eigenvalue weighted by Crippen LogP contribution is -1.97. The van der Waals surface area contributed by atoms with Crippen molar-refractivity contribution in [1.29, 1.82) is 5.26 Å². The molecule has 0 fully saturated rings. The van der Waals surface area contributed by atoms with Crippen molar-refractivity contribution < 1.29 is 4.92 Å². The first-order chi connectivity index (χ1) is 6.07. The normalized spacial score (nSPS) is 9.31. The Morgan fingerprint density at radius 1 is 1.77 bits per heavy atom. The summed E-state index contributed by atoms with van der Waals surface area (Å²) in [4.78, 5) is 13.4. The molecule has 0 bridgehead atoms. The number of rotatable bonds is 1. The number of nitro groups is 1. The van der Waals surface area contributed by atoms with Crippen LogP contribution in [-0.2, 0) is 0 Å². The Morgan fingerprint density at radius 3 is 2.85 bits per heavy atom. The van der Waals surface area contributed by atoms with E-state index in [2.05, 4.69) is 4.98 Å². The minimum absolute atomic E-state index is 0.150. The minimum atomic E-state index is -0.655. The van der Waals surface area contributed by atoms with E-state index in [-0.39, 0.29) is 20.0 Å². The summed E-state index contributed by atoms with van der Waals surface area (Å²) in [6, 6.07) is 1.78. The van der Waals surface area contributed by atoms with Gasteiger partial charge in [-0.05, 0) is 22.6 Å². The van der Waals surface area contributed by atoms with E-state index >= 15 is 0 Å². The quantitative estimate of drug-likeness (QED) is 0.344. The predicted molar refractivity (Wildman–Crippen MR) is 53.3 cm³/mol. The van der Waals surface area contributed by atoms with Crippen molar-refractivity contribution in [1.82, 2.24) is 4.98 Å². The Kier molecular flexibility index (Phi) is 3.00. The number of aromatic nitrogens is 1. The van der Waals surface area contributed by atoms with Crippen LogP contribution >= 0.6 is 34.2 Å². The van der Waals surface area contributed by atoms with Crippen LogP contribution in [0.3, 0.4) is 0 Å². The molecule has 0 aliphatic heterocycles. The number of nitrogens with zero attached hydrogens (tertiary/aromatic N) is 3. The van der Waals surface area contributed by atoms with Crippen LogP contribution in [0.5, 0.6) is 0 Å². The van der Waals surface area contributed by atoms with E-state index in [4.69, 9.17) is 16.9 Å². The number of hydrogen-bond donors (Lipinski definition) is 0. The standard InChI is InChI=1S/C6HClIN3O2/c7-6-5(11(12)13)4(8)3(1-9)2-10-6/h2H. The average Bonchev–Trinajstić information content (AvgIpc) is 2.04. The van der Waals surface area contributed by atoms with E-state index in [0.717, 1.165) is 0 Å². The fourth-order valence-electron chi connectivity index (χ4n) is 0.691. The van der Waals surface area contributed by atoms with Gasteiger partial charge in [0.15, 0.2) is 0 Å². The van der Waals surface area contributed by atoms with E-state index in [9.17, 15) is 10.1 Å². The molecule has 0 saturated heterocycles. The van der Waals surface area contributed by atoms with Crippen LogP contribution in [0.25, 0.3) is 0 Å². The van der Waals surface area contributed by atoms with Gasteiger partial charge in [-0.25, -0.2) is 4.98 Å². The number of pyridine rings is 1. The topological polar surface area (TPSA) is 79.8 Å². The van der Waals surface area contributed by atoms with Gasteiger partial charge in [-0.1, -0.05) is 11.6 Å². The van der Waals surface area contributed by atoms with Gasteiger partial charge in [0.2, 0.25) is 5.15 Å². The fourth-order valence-corrected chi connectivity index (χ4v) is 1.77. The van der Waals surface area contributed by atoms with Crippen molar-refractivity contribution in [2.45, 2.75) is 0 Å². The van der Waals surface area contributed by atoms with Gasteiger partial charge in [0, 0.05) is 6.20 Å². The first-order valence-corrected chi connectivity index (χ1v) is 4.42. The predicted octanol–water partition coefficient (Wildman–Crippen LogP) is 2.12. The molecular weight excluding hydrogens is 308 g/mol. The maximum Gasteiger partial charge on any atom is 0.321 e. The molecule has 0 atom stereocenters. The Morgan fingerprint density at radius 2 is 2.38 bits per heavy atom. The van der Waals surface area contributed by atoms with Gasteiger partial charge in [-0.15, -0.1) is 0 Å². The first-order valence-electron chi connectivity index (χ1n) is 2.96. The molecule has 1 heterocycles. The molecule has 7 heteroatoms. The highest BCUT2D eigenvalue weighted by atomic mass is 127. The minimum Gasteiger partial charge on any atom is -0.258 e. The van der Waals surface area contributed by atoms with Crippen LogP contribution in [-0.4, -0.2) is 9.91 Å². The van der Waals surface area contributed by atoms with Gasteiger partial charge >= 0.3 is 5.69 Å². The third-order valence-corrected chi connectivity index (χ3v) is 2.62. The van der Waals surface area contributed by atoms with Crippen molar-refractivity contribution in [3.05, 3.63) is 30.6 Å². The zero-order valence-electron chi connectivity index (χ0n) is 5.99. The molecule has 0 aliphatic carbocycles. The summed E-state index contributed by atoms with van der Waals surface area (Å²) in [5.41, 5.74) is -0.169. The van der Waals surface area contributed by atoms with Crippen LogP contribution in [0, 0.1) is 25.0 Å². The van der Waals surface area contributed by atoms with Crippen molar-refractivity contribution in [3.8, 4) is 6.07 Å². The Labute approximate surface area is 91.6 Å². The molecule has 0 aromatic carbocycles. The number of halogens is 2. The Hall–Kier alpha value is -0.940. The van der Waals surface area contributed by atoms with Crippen LogP contribution in [0.4, 0.5) is 5.69 Å². The molecule has 0 N–H and O–H groups in total. The van der Waals surface area contributed by atoms with E-state index in [1.807, 2.05) is 0 Å². The molecule has 5 nitrogen and oxygen atoms in total. The second-order valence-electron chi connectivity index (χ2n) is 1.99. The maximum atomic E-state index is 10.5. The molecule has 0 amide bonds. The average molecular weight is 309 g/mol. The summed E-state index contributed by atoms with van der Waals surface area (Å²) in [5.74, 6) is 0. The van der Waals surface area contributed by atoms with Crippen molar-refractivity contribution >= 4 is 39.9 Å². The first kappa shape index (κ1) is 10.1. The largest absolute Gasteiger partial charge is 0.321 e. The molecule has 1 aromatic rings.